The fourth-order valence-corrected chi connectivity index (χ4v) is 3.08. The first-order chi connectivity index (χ1) is 13.0. The summed E-state index contributed by atoms with van der Waals surface area (Å²) in [6, 6.07) is 16.9. The van der Waals surface area contributed by atoms with Crippen LogP contribution in [0.2, 0.25) is 0 Å². The van der Waals surface area contributed by atoms with Crippen LogP contribution in [-0.4, -0.2) is 24.9 Å². The zero-order valence-corrected chi connectivity index (χ0v) is 15.9. The van der Waals surface area contributed by atoms with Gasteiger partial charge < -0.3 is 15.0 Å². The van der Waals surface area contributed by atoms with Crippen LogP contribution in [0.1, 0.15) is 26.7 Å². The Morgan fingerprint density at radius 3 is 2.44 bits per heavy atom. The third-order valence-electron chi connectivity index (χ3n) is 4.64. The summed E-state index contributed by atoms with van der Waals surface area (Å²) in [6.45, 7) is 5.33. The summed E-state index contributed by atoms with van der Waals surface area (Å²) in [6.07, 6.45) is 1.20. The minimum Gasteiger partial charge on any atom is -0.457 e. The van der Waals surface area contributed by atoms with E-state index in [1.807, 2.05) is 54.6 Å². The van der Waals surface area contributed by atoms with E-state index in [0.29, 0.717) is 24.8 Å². The van der Waals surface area contributed by atoms with Gasteiger partial charge in [0, 0.05) is 25.2 Å². The van der Waals surface area contributed by atoms with Gasteiger partial charge in [-0.05, 0) is 48.7 Å². The van der Waals surface area contributed by atoms with E-state index < -0.39 is 0 Å². The van der Waals surface area contributed by atoms with E-state index in [1.54, 1.807) is 4.90 Å². The van der Waals surface area contributed by atoms with Gasteiger partial charge >= 0.3 is 0 Å². The Morgan fingerprint density at radius 1 is 1.11 bits per heavy atom. The summed E-state index contributed by atoms with van der Waals surface area (Å²) in [5.41, 5.74) is 0.790. The van der Waals surface area contributed by atoms with E-state index in [2.05, 4.69) is 19.2 Å². The Kier molecular flexibility index (Phi) is 6.12. The maximum absolute atomic E-state index is 12.4. The second-order valence-electron chi connectivity index (χ2n) is 7.29. The molecule has 2 aromatic rings. The number of carbonyl (C=O) groups excluding carboxylic acids is 2. The maximum Gasteiger partial charge on any atom is 0.227 e. The molecule has 0 spiro atoms. The first-order valence-electron chi connectivity index (χ1n) is 9.44. The van der Waals surface area contributed by atoms with Gasteiger partial charge in [0.25, 0.3) is 0 Å². The highest BCUT2D eigenvalue weighted by molar-refractivity contribution is 6.00. The lowest BCUT2D eigenvalue weighted by molar-refractivity contribution is -0.126. The van der Waals surface area contributed by atoms with E-state index in [-0.39, 0.29) is 24.2 Å². The van der Waals surface area contributed by atoms with Crippen LogP contribution in [-0.2, 0) is 9.59 Å². The van der Waals surface area contributed by atoms with Crippen molar-refractivity contribution in [3.63, 3.8) is 0 Å². The van der Waals surface area contributed by atoms with Crippen molar-refractivity contribution < 1.29 is 14.3 Å². The molecule has 0 aliphatic carbocycles. The highest BCUT2D eigenvalue weighted by atomic mass is 16.5. The third kappa shape index (κ3) is 5.09. The number of nitrogens with zero attached hydrogens (tertiary/aromatic N) is 1. The normalized spacial score (nSPS) is 16.6. The van der Waals surface area contributed by atoms with E-state index in [9.17, 15) is 9.59 Å². The minimum absolute atomic E-state index is 0.0178. The van der Waals surface area contributed by atoms with Crippen LogP contribution in [0.15, 0.2) is 54.6 Å². The molecule has 0 saturated carbocycles. The number of carbonyl (C=O) groups is 2. The number of hydrogen-bond acceptors (Lipinski definition) is 3. The number of anilines is 1. The highest BCUT2D eigenvalue weighted by Crippen LogP contribution is 2.28. The van der Waals surface area contributed by atoms with Crippen molar-refractivity contribution in [2.24, 2.45) is 11.8 Å². The molecule has 1 aliphatic rings. The Labute approximate surface area is 160 Å². The van der Waals surface area contributed by atoms with Crippen molar-refractivity contribution in [3.05, 3.63) is 54.6 Å². The molecule has 1 saturated heterocycles. The molecular weight excluding hydrogens is 340 g/mol. The molecule has 0 bridgehead atoms. The number of amides is 2. The molecule has 1 aliphatic heterocycles. The second-order valence-corrected chi connectivity index (χ2v) is 7.29. The van der Waals surface area contributed by atoms with Gasteiger partial charge in [-0.1, -0.05) is 32.0 Å². The van der Waals surface area contributed by atoms with Crippen molar-refractivity contribution in [2.45, 2.75) is 26.7 Å². The van der Waals surface area contributed by atoms with E-state index in [1.165, 1.54) is 0 Å². The molecule has 2 amide bonds. The molecule has 0 radical (unpaired) electrons. The summed E-state index contributed by atoms with van der Waals surface area (Å²) in [5.74, 6) is 1.68. The molecule has 142 valence electrons. The zero-order valence-electron chi connectivity index (χ0n) is 15.9. The molecule has 1 unspecified atom stereocenters. The molecule has 1 atom stereocenters. The zero-order chi connectivity index (χ0) is 19.2. The lowest BCUT2D eigenvalue weighted by Gasteiger charge is -2.17. The summed E-state index contributed by atoms with van der Waals surface area (Å²) in [5, 5.41) is 2.95. The number of rotatable bonds is 7. The van der Waals surface area contributed by atoms with Gasteiger partial charge in [0.2, 0.25) is 11.8 Å². The topological polar surface area (TPSA) is 58.6 Å². The summed E-state index contributed by atoms with van der Waals surface area (Å²) < 4.78 is 5.78. The summed E-state index contributed by atoms with van der Waals surface area (Å²) in [4.78, 5) is 26.3. The standard InChI is InChI=1S/C22H26N2O3/c1-16(2)12-13-23-22(26)17-14-21(25)24(15-17)18-8-10-20(11-9-18)27-19-6-4-3-5-7-19/h3-11,16-17H,12-15H2,1-2H3,(H,23,26). The molecule has 3 rings (SSSR count). The largest absolute Gasteiger partial charge is 0.457 e. The van der Waals surface area contributed by atoms with E-state index in [0.717, 1.165) is 17.9 Å². The number of ether oxygens (including phenoxy) is 1. The van der Waals surface area contributed by atoms with Gasteiger partial charge in [0.15, 0.2) is 0 Å². The molecule has 1 fully saturated rings. The van der Waals surface area contributed by atoms with Crippen LogP contribution in [0.5, 0.6) is 11.5 Å². The lowest BCUT2D eigenvalue weighted by atomic mass is 10.1. The van der Waals surface area contributed by atoms with Crippen LogP contribution in [0.4, 0.5) is 5.69 Å². The van der Waals surface area contributed by atoms with Crippen LogP contribution in [0, 0.1) is 11.8 Å². The monoisotopic (exact) mass is 366 g/mol. The molecule has 5 nitrogen and oxygen atoms in total. The van der Waals surface area contributed by atoms with Crippen LogP contribution in [0.3, 0.4) is 0 Å². The van der Waals surface area contributed by atoms with Gasteiger partial charge in [-0.25, -0.2) is 0 Å². The number of benzene rings is 2. The van der Waals surface area contributed by atoms with Gasteiger partial charge in [-0.15, -0.1) is 0 Å². The second kappa shape index (κ2) is 8.71. The van der Waals surface area contributed by atoms with Gasteiger partial charge in [0.05, 0.1) is 5.92 Å². The fraction of sp³-hybridized carbons (Fsp3) is 0.364. The lowest BCUT2D eigenvalue weighted by Crippen LogP contribution is -2.33. The smallest absolute Gasteiger partial charge is 0.227 e. The summed E-state index contributed by atoms with van der Waals surface area (Å²) in [7, 11) is 0. The van der Waals surface area contributed by atoms with Gasteiger partial charge in [0.1, 0.15) is 11.5 Å². The first-order valence-corrected chi connectivity index (χ1v) is 9.44. The van der Waals surface area contributed by atoms with Crippen LogP contribution in [0.25, 0.3) is 0 Å². The number of para-hydroxylation sites is 1. The van der Waals surface area contributed by atoms with E-state index >= 15 is 0 Å². The quantitative estimate of drug-likeness (QED) is 0.806. The Morgan fingerprint density at radius 2 is 1.78 bits per heavy atom. The van der Waals surface area contributed by atoms with Gasteiger partial charge in [-0.3, -0.25) is 9.59 Å². The highest BCUT2D eigenvalue weighted by Gasteiger charge is 2.34. The number of nitrogens with one attached hydrogen (secondary N) is 1. The molecule has 1 heterocycles. The van der Waals surface area contributed by atoms with Crippen molar-refractivity contribution in [1.82, 2.24) is 5.32 Å². The van der Waals surface area contributed by atoms with Crippen LogP contribution >= 0.6 is 0 Å². The van der Waals surface area contributed by atoms with Crippen molar-refractivity contribution in [3.8, 4) is 11.5 Å². The molecule has 5 heteroatoms. The van der Waals surface area contributed by atoms with Crippen LogP contribution < -0.4 is 15.0 Å². The Hall–Kier alpha value is -2.82. The van der Waals surface area contributed by atoms with E-state index in [4.69, 9.17) is 4.74 Å². The predicted octanol–water partition coefficient (Wildman–Crippen LogP) is 3.99. The molecule has 1 N–H and O–H groups in total. The number of hydrogen-bond donors (Lipinski definition) is 1. The Bertz CT molecular complexity index is 772. The first kappa shape index (κ1) is 19.0. The predicted molar refractivity (Wildman–Crippen MR) is 106 cm³/mol. The van der Waals surface area contributed by atoms with Crippen molar-refractivity contribution in [2.75, 3.05) is 18.0 Å². The average Bonchev–Trinajstić information content (AvgIpc) is 3.05. The molecule has 0 aromatic heterocycles. The molecular formula is C22H26N2O3. The minimum atomic E-state index is -0.287. The van der Waals surface area contributed by atoms with Gasteiger partial charge in [-0.2, -0.15) is 0 Å². The summed E-state index contributed by atoms with van der Waals surface area (Å²) >= 11 is 0. The molecule has 2 aromatic carbocycles. The van der Waals surface area contributed by atoms with Crippen molar-refractivity contribution >= 4 is 17.5 Å². The average molecular weight is 366 g/mol. The maximum atomic E-state index is 12.4. The Balaban J connectivity index is 1.58. The third-order valence-corrected chi connectivity index (χ3v) is 4.64. The van der Waals surface area contributed by atoms with Crippen molar-refractivity contribution in [1.29, 1.82) is 0 Å². The molecule has 27 heavy (non-hydrogen) atoms. The fourth-order valence-electron chi connectivity index (χ4n) is 3.08. The SMILES string of the molecule is CC(C)CCNC(=O)C1CC(=O)N(c2ccc(Oc3ccccc3)cc2)C1.